The van der Waals surface area contributed by atoms with Crippen molar-refractivity contribution in [3.05, 3.63) is 35.9 Å². The van der Waals surface area contributed by atoms with Crippen LogP contribution in [-0.4, -0.2) is 60.6 Å². The second-order valence-corrected chi connectivity index (χ2v) is 7.66. The van der Waals surface area contributed by atoms with Crippen molar-refractivity contribution >= 4 is 5.91 Å². The molecule has 1 N–H and O–H groups in total. The molecule has 3 rings (SSSR count). The number of alkyl halides is 3. The largest absolute Gasteiger partial charge is 0.405 e. The molecule has 1 aromatic rings. The van der Waals surface area contributed by atoms with Crippen molar-refractivity contribution in [1.82, 2.24) is 15.1 Å². The molecule has 1 aromatic carbocycles. The van der Waals surface area contributed by atoms with Crippen molar-refractivity contribution < 1.29 is 18.0 Å². The molecule has 1 atom stereocenters. The number of nitrogens with zero attached hydrogens (tertiary/aromatic N) is 2. The van der Waals surface area contributed by atoms with Crippen LogP contribution in [0.5, 0.6) is 0 Å². The standard InChI is InChI=1S/C20H28F3N3O/c21-20(22,23)15-24-19(27)17-7-4-10-26(14-17)18-8-11-25(12-9-18)13-16-5-2-1-3-6-16/h1-3,5-6,17-18H,4,7-15H2,(H,24,27). The molecule has 0 radical (unpaired) electrons. The number of piperidine rings is 2. The van der Waals surface area contributed by atoms with Crippen LogP contribution in [0.4, 0.5) is 13.2 Å². The molecule has 1 amide bonds. The highest BCUT2D eigenvalue weighted by Gasteiger charge is 2.33. The first-order valence-corrected chi connectivity index (χ1v) is 9.75. The number of likely N-dealkylation sites (tertiary alicyclic amines) is 2. The van der Waals surface area contributed by atoms with Crippen LogP contribution in [0.2, 0.25) is 0 Å². The van der Waals surface area contributed by atoms with E-state index in [1.807, 2.05) is 6.07 Å². The summed E-state index contributed by atoms with van der Waals surface area (Å²) in [6, 6.07) is 10.8. The lowest BCUT2D eigenvalue weighted by Gasteiger charge is -2.42. The second-order valence-electron chi connectivity index (χ2n) is 7.66. The molecule has 0 aliphatic carbocycles. The Morgan fingerprint density at radius 2 is 1.78 bits per heavy atom. The molecule has 2 saturated heterocycles. The minimum Gasteiger partial charge on any atom is -0.347 e. The summed E-state index contributed by atoms with van der Waals surface area (Å²) in [7, 11) is 0. The molecule has 27 heavy (non-hydrogen) atoms. The van der Waals surface area contributed by atoms with Crippen molar-refractivity contribution in [3.63, 3.8) is 0 Å². The molecule has 0 bridgehead atoms. The predicted molar refractivity (Wildman–Crippen MR) is 98.1 cm³/mol. The van der Waals surface area contributed by atoms with Gasteiger partial charge in [-0.2, -0.15) is 13.2 Å². The van der Waals surface area contributed by atoms with E-state index in [-0.39, 0.29) is 5.92 Å². The van der Waals surface area contributed by atoms with Crippen LogP contribution in [0.3, 0.4) is 0 Å². The summed E-state index contributed by atoms with van der Waals surface area (Å²) in [5, 5.41) is 2.05. The quantitative estimate of drug-likeness (QED) is 0.849. The van der Waals surface area contributed by atoms with Gasteiger partial charge in [0.25, 0.3) is 0 Å². The zero-order valence-electron chi connectivity index (χ0n) is 15.5. The van der Waals surface area contributed by atoms with Gasteiger partial charge in [-0.15, -0.1) is 0 Å². The Morgan fingerprint density at radius 1 is 1.07 bits per heavy atom. The van der Waals surface area contributed by atoms with Gasteiger partial charge in [0, 0.05) is 19.1 Å². The Labute approximate surface area is 158 Å². The maximum Gasteiger partial charge on any atom is 0.405 e. The number of carbonyl (C=O) groups excluding carboxylic acids is 1. The van der Waals surface area contributed by atoms with Crippen LogP contribution in [0, 0.1) is 5.92 Å². The number of hydrogen-bond acceptors (Lipinski definition) is 3. The third kappa shape index (κ3) is 6.21. The highest BCUT2D eigenvalue weighted by Crippen LogP contribution is 2.25. The maximum atomic E-state index is 12.3. The van der Waals surface area contributed by atoms with Gasteiger partial charge in [0.15, 0.2) is 0 Å². The van der Waals surface area contributed by atoms with E-state index in [0.29, 0.717) is 19.0 Å². The summed E-state index contributed by atoms with van der Waals surface area (Å²) in [6.07, 6.45) is -0.718. The molecule has 2 heterocycles. The van der Waals surface area contributed by atoms with E-state index < -0.39 is 18.6 Å². The van der Waals surface area contributed by atoms with Crippen molar-refractivity contribution in [1.29, 1.82) is 0 Å². The van der Waals surface area contributed by atoms with Crippen molar-refractivity contribution in [2.75, 3.05) is 32.7 Å². The van der Waals surface area contributed by atoms with Gasteiger partial charge in [-0.3, -0.25) is 14.6 Å². The normalized spacial score (nSPS) is 23.3. The summed E-state index contributed by atoms with van der Waals surface area (Å²) in [6.45, 7) is 3.26. The summed E-state index contributed by atoms with van der Waals surface area (Å²) in [5.41, 5.74) is 1.32. The van der Waals surface area contributed by atoms with Gasteiger partial charge in [0.1, 0.15) is 6.54 Å². The Hall–Kier alpha value is -1.60. The average Bonchev–Trinajstić information content (AvgIpc) is 2.67. The van der Waals surface area contributed by atoms with Gasteiger partial charge in [0.2, 0.25) is 5.91 Å². The van der Waals surface area contributed by atoms with E-state index in [4.69, 9.17) is 0 Å². The highest BCUT2D eigenvalue weighted by atomic mass is 19.4. The van der Waals surface area contributed by atoms with Crippen LogP contribution in [0.15, 0.2) is 30.3 Å². The van der Waals surface area contributed by atoms with E-state index in [0.717, 1.165) is 45.4 Å². The minimum absolute atomic E-state index is 0.330. The minimum atomic E-state index is -4.35. The highest BCUT2D eigenvalue weighted by molar-refractivity contribution is 5.79. The van der Waals surface area contributed by atoms with Crippen LogP contribution in [0.25, 0.3) is 0 Å². The number of amides is 1. The monoisotopic (exact) mass is 383 g/mol. The maximum absolute atomic E-state index is 12.3. The molecular weight excluding hydrogens is 355 g/mol. The molecule has 150 valence electrons. The van der Waals surface area contributed by atoms with E-state index >= 15 is 0 Å². The fourth-order valence-electron chi connectivity index (χ4n) is 4.17. The average molecular weight is 383 g/mol. The molecule has 2 fully saturated rings. The first-order chi connectivity index (χ1) is 12.9. The first-order valence-electron chi connectivity index (χ1n) is 9.75. The van der Waals surface area contributed by atoms with Crippen LogP contribution >= 0.6 is 0 Å². The SMILES string of the molecule is O=C(NCC(F)(F)F)C1CCCN(C2CCN(Cc3ccccc3)CC2)C1. The lowest BCUT2D eigenvalue weighted by Crippen LogP contribution is -2.51. The molecule has 0 spiro atoms. The third-order valence-corrected chi connectivity index (χ3v) is 5.61. The van der Waals surface area contributed by atoms with Crippen LogP contribution in [0.1, 0.15) is 31.2 Å². The number of rotatable bonds is 5. The van der Waals surface area contributed by atoms with Gasteiger partial charge < -0.3 is 5.32 Å². The van der Waals surface area contributed by atoms with Gasteiger partial charge >= 0.3 is 6.18 Å². The fourth-order valence-corrected chi connectivity index (χ4v) is 4.17. The fraction of sp³-hybridized carbons (Fsp3) is 0.650. The lowest BCUT2D eigenvalue weighted by atomic mass is 9.93. The molecule has 2 aliphatic heterocycles. The molecule has 2 aliphatic rings. The number of carbonyl (C=O) groups is 1. The smallest absolute Gasteiger partial charge is 0.347 e. The number of nitrogens with one attached hydrogen (secondary N) is 1. The summed E-state index contributed by atoms with van der Waals surface area (Å²) in [5.74, 6) is -0.790. The lowest BCUT2D eigenvalue weighted by molar-refractivity contribution is -0.142. The predicted octanol–water partition coefficient (Wildman–Crippen LogP) is 3.04. The summed E-state index contributed by atoms with van der Waals surface area (Å²) < 4.78 is 36.9. The van der Waals surface area contributed by atoms with Crippen molar-refractivity contribution in [3.8, 4) is 0 Å². The first kappa shape index (κ1) is 20.1. The second kappa shape index (κ2) is 9.06. The molecular formula is C20H28F3N3O. The molecule has 4 nitrogen and oxygen atoms in total. The Morgan fingerprint density at radius 3 is 2.44 bits per heavy atom. The Bertz CT molecular complexity index is 600. The summed E-state index contributed by atoms with van der Waals surface area (Å²) in [4.78, 5) is 16.9. The van der Waals surface area contributed by atoms with Gasteiger partial charge in [0.05, 0.1) is 5.92 Å². The number of halogens is 3. The molecule has 7 heteroatoms. The zero-order valence-corrected chi connectivity index (χ0v) is 15.5. The molecule has 0 saturated carbocycles. The Kier molecular flexibility index (Phi) is 6.76. The van der Waals surface area contributed by atoms with E-state index in [2.05, 4.69) is 39.4 Å². The van der Waals surface area contributed by atoms with Crippen molar-refractivity contribution in [2.24, 2.45) is 5.92 Å². The Balaban J connectivity index is 1.44. The van der Waals surface area contributed by atoms with E-state index in [1.165, 1.54) is 5.56 Å². The third-order valence-electron chi connectivity index (χ3n) is 5.61. The van der Waals surface area contributed by atoms with Crippen LogP contribution < -0.4 is 5.32 Å². The van der Waals surface area contributed by atoms with Crippen LogP contribution in [-0.2, 0) is 11.3 Å². The van der Waals surface area contributed by atoms with Gasteiger partial charge in [-0.05, 0) is 50.9 Å². The molecule has 1 unspecified atom stereocenters. The van der Waals surface area contributed by atoms with Gasteiger partial charge in [-0.25, -0.2) is 0 Å². The zero-order chi connectivity index (χ0) is 19.3. The number of hydrogen-bond donors (Lipinski definition) is 1. The van der Waals surface area contributed by atoms with E-state index in [1.54, 1.807) is 0 Å². The van der Waals surface area contributed by atoms with E-state index in [9.17, 15) is 18.0 Å². The summed E-state index contributed by atoms with van der Waals surface area (Å²) >= 11 is 0. The van der Waals surface area contributed by atoms with Crippen molar-refractivity contribution in [2.45, 2.75) is 44.4 Å². The number of benzene rings is 1. The molecule has 0 aromatic heterocycles. The topological polar surface area (TPSA) is 35.6 Å². The van der Waals surface area contributed by atoms with Gasteiger partial charge in [-0.1, -0.05) is 30.3 Å².